The molecule has 1 aromatic rings. The number of hydrogen-bond acceptors (Lipinski definition) is 3. The van der Waals surface area contributed by atoms with E-state index in [2.05, 4.69) is 29.3 Å². The van der Waals surface area contributed by atoms with Crippen molar-refractivity contribution in [3.05, 3.63) is 28.8 Å². The van der Waals surface area contributed by atoms with E-state index in [4.69, 9.17) is 5.73 Å². The Kier molecular flexibility index (Phi) is 3.68. The number of nitrogens with zero attached hydrogens (tertiary/aromatic N) is 1. The second-order valence-corrected chi connectivity index (χ2v) is 5.28. The highest BCUT2D eigenvalue weighted by Crippen LogP contribution is 2.21. The Labute approximate surface area is 108 Å². The highest BCUT2D eigenvalue weighted by atomic mass is 16.2. The zero-order valence-electron chi connectivity index (χ0n) is 11.3. The number of hydrogen-bond donors (Lipinski definition) is 2. The lowest BCUT2D eigenvalue weighted by Gasteiger charge is -2.36. The summed E-state index contributed by atoms with van der Waals surface area (Å²) in [6, 6.07) is 4.41. The minimum atomic E-state index is 0.0388. The zero-order valence-corrected chi connectivity index (χ0v) is 11.3. The van der Waals surface area contributed by atoms with E-state index in [-0.39, 0.29) is 11.9 Å². The summed E-state index contributed by atoms with van der Waals surface area (Å²) < 4.78 is 0. The molecule has 4 nitrogen and oxygen atoms in total. The van der Waals surface area contributed by atoms with Gasteiger partial charge >= 0.3 is 0 Å². The number of carbonyl (C=O) groups is 1. The van der Waals surface area contributed by atoms with Crippen molar-refractivity contribution in [2.75, 3.05) is 25.0 Å². The molecule has 98 valence electrons. The van der Waals surface area contributed by atoms with Gasteiger partial charge in [0.2, 0.25) is 5.91 Å². The second kappa shape index (κ2) is 5.08. The van der Waals surface area contributed by atoms with E-state index >= 15 is 0 Å². The summed E-state index contributed by atoms with van der Waals surface area (Å²) in [5, 5.41) is 3.00. The average Bonchev–Trinajstić information content (AvgIpc) is 2.21. The number of nitrogens with two attached hydrogens (primary N) is 1. The van der Waals surface area contributed by atoms with Gasteiger partial charge in [0.05, 0.1) is 6.54 Å². The Hall–Kier alpha value is -1.39. The third-order valence-corrected chi connectivity index (χ3v) is 3.29. The molecule has 4 heteroatoms. The fourth-order valence-electron chi connectivity index (χ4n) is 2.50. The van der Waals surface area contributed by atoms with E-state index < -0.39 is 0 Å². The first-order valence-corrected chi connectivity index (χ1v) is 6.31. The summed E-state index contributed by atoms with van der Waals surface area (Å²) in [6.07, 6.45) is 0. The Bertz CT molecular complexity index is 441. The number of aryl methyl sites for hydroxylation is 3. The van der Waals surface area contributed by atoms with Gasteiger partial charge in [-0.2, -0.15) is 0 Å². The number of benzene rings is 1. The Morgan fingerprint density at radius 3 is 2.39 bits per heavy atom. The third kappa shape index (κ3) is 2.89. The fourth-order valence-corrected chi connectivity index (χ4v) is 2.50. The van der Waals surface area contributed by atoms with Crippen molar-refractivity contribution in [3.8, 4) is 0 Å². The molecule has 0 radical (unpaired) electrons. The van der Waals surface area contributed by atoms with E-state index in [0.717, 1.165) is 29.9 Å². The van der Waals surface area contributed by atoms with Crippen molar-refractivity contribution < 1.29 is 4.79 Å². The molecule has 1 aromatic carbocycles. The first-order chi connectivity index (χ1) is 8.45. The minimum Gasteiger partial charge on any atom is -0.325 e. The van der Waals surface area contributed by atoms with E-state index in [1.54, 1.807) is 0 Å². The van der Waals surface area contributed by atoms with E-state index in [1.165, 1.54) is 5.56 Å². The summed E-state index contributed by atoms with van der Waals surface area (Å²) in [5.41, 5.74) is 10.1. The van der Waals surface area contributed by atoms with Crippen molar-refractivity contribution in [2.24, 2.45) is 5.73 Å². The maximum atomic E-state index is 11.9. The van der Waals surface area contributed by atoms with E-state index in [1.807, 2.05) is 13.8 Å². The molecular formula is C14H21N3O. The van der Waals surface area contributed by atoms with Crippen LogP contribution in [0, 0.1) is 20.8 Å². The molecule has 0 saturated carbocycles. The van der Waals surface area contributed by atoms with Crippen LogP contribution in [0.2, 0.25) is 0 Å². The summed E-state index contributed by atoms with van der Waals surface area (Å²) in [7, 11) is 0. The summed E-state index contributed by atoms with van der Waals surface area (Å²) in [6.45, 7) is 8.18. The normalized spacial score (nSPS) is 16.4. The summed E-state index contributed by atoms with van der Waals surface area (Å²) in [4.78, 5) is 14.0. The number of rotatable bonds is 3. The van der Waals surface area contributed by atoms with Gasteiger partial charge in [-0.25, -0.2) is 0 Å². The highest BCUT2D eigenvalue weighted by Gasteiger charge is 2.24. The van der Waals surface area contributed by atoms with Crippen LogP contribution in [0.4, 0.5) is 5.69 Å². The van der Waals surface area contributed by atoms with Gasteiger partial charge in [-0.05, 0) is 31.9 Å². The van der Waals surface area contributed by atoms with Crippen LogP contribution >= 0.6 is 0 Å². The first-order valence-electron chi connectivity index (χ1n) is 6.31. The standard InChI is InChI=1S/C14H21N3O/c1-9-4-10(2)14(11(3)5-9)16-13(18)8-17-6-12(15)7-17/h4-5,12H,6-8,15H2,1-3H3,(H,16,18). The molecule has 0 aliphatic carbocycles. The summed E-state index contributed by atoms with van der Waals surface area (Å²) >= 11 is 0. The maximum absolute atomic E-state index is 11.9. The number of amides is 1. The fraction of sp³-hybridized carbons (Fsp3) is 0.500. The maximum Gasteiger partial charge on any atom is 0.238 e. The van der Waals surface area contributed by atoms with Crippen molar-refractivity contribution in [2.45, 2.75) is 26.8 Å². The Morgan fingerprint density at radius 1 is 1.33 bits per heavy atom. The largest absolute Gasteiger partial charge is 0.325 e. The van der Waals surface area contributed by atoms with E-state index in [9.17, 15) is 4.79 Å². The van der Waals surface area contributed by atoms with Gasteiger partial charge in [0, 0.05) is 24.8 Å². The van der Waals surface area contributed by atoms with Crippen LogP contribution < -0.4 is 11.1 Å². The lowest BCUT2D eigenvalue weighted by atomic mass is 10.0. The molecule has 0 spiro atoms. The van der Waals surface area contributed by atoms with Crippen LogP contribution in [-0.4, -0.2) is 36.5 Å². The smallest absolute Gasteiger partial charge is 0.238 e. The Morgan fingerprint density at radius 2 is 1.89 bits per heavy atom. The van der Waals surface area contributed by atoms with Gasteiger partial charge in [0.25, 0.3) is 0 Å². The first kappa shape index (κ1) is 13.1. The molecule has 3 N–H and O–H groups in total. The molecule has 18 heavy (non-hydrogen) atoms. The van der Waals surface area contributed by atoms with Crippen LogP contribution in [0.25, 0.3) is 0 Å². The van der Waals surface area contributed by atoms with Gasteiger partial charge < -0.3 is 11.1 Å². The lowest BCUT2D eigenvalue weighted by Crippen LogP contribution is -2.57. The van der Waals surface area contributed by atoms with Gasteiger partial charge in [0.15, 0.2) is 0 Å². The average molecular weight is 247 g/mol. The molecule has 2 rings (SSSR count). The molecular weight excluding hydrogens is 226 g/mol. The summed E-state index contributed by atoms with van der Waals surface area (Å²) in [5.74, 6) is 0.0388. The minimum absolute atomic E-state index is 0.0388. The highest BCUT2D eigenvalue weighted by molar-refractivity contribution is 5.93. The third-order valence-electron chi connectivity index (χ3n) is 3.29. The van der Waals surface area contributed by atoms with Crippen LogP contribution in [0.1, 0.15) is 16.7 Å². The molecule has 1 amide bonds. The zero-order chi connectivity index (χ0) is 13.3. The van der Waals surface area contributed by atoms with Crippen LogP contribution in [-0.2, 0) is 4.79 Å². The molecule has 0 atom stereocenters. The van der Waals surface area contributed by atoms with Gasteiger partial charge in [-0.1, -0.05) is 17.7 Å². The van der Waals surface area contributed by atoms with E-state index in [0.29, 0.717) is 6.54 Å². The molecule has 1 aliphatic heterocycles. The number of likely N-dealkylation sites (tertiary alicyclic amines) is 1. The molecule has 1 saturated heterocycles. The van der Waals surface area contributed by atoms with Gasteiger partial charge in [-0.3, -0.25) is 9.69 Å². The van der Waals surface area contributed by atoms with Crippen LogP contribution in [0.3, 0.4) is 0 Å². The van der Waals surface area contributed by atoms with Crippen molar-refractivity contribution >= 4 is 11.6 Å². The quantitative estimate of drug-likeness (QED) is 0.843. The topological polar surface area (TPSA) is 58.4 Å². The van der Waals surface area contributed by atoms with Gasteiger partial charge in [-0.15, -0.1) is 0 Å². The van der Waals surface area contributed by atoms with Crippen LogP contribution in [0.15, 0.2) is 12.1 Å². The molecule has 0 aromatic heterocycles. The molecule has 1 heterocycles. The van der Waals surface area contributed by atoms with Gasteiger partial charge in [0.1, 0.15) is 0 Å². The van der Waals surface area contributed by atoms with Crippen molar-refractivity contribution in [1.29, 1.82) is 0 Å². The predicted molar refractivity (Wildman–Crippen MR) is 73.7 cm³/mol. The predicted octanol–water partition coefficient (Wildman–Crippen LogP) is 1.19. The molecule has 1 aliphatic rings. The molecule has 0 unspecified atom stereocenters. The molecule has 0 bridgehead atoms. The number of nitrogens with one attached hydrogen (secondary N) is 1. The van der Waals surface area contributed by atoms with Crippen LogP contribution in [0.5, 0.6) is 0 Å². The monoisotopic (exact) mass is 247 g/mol. The second-order valence-electron chi connectivity index (χ2n) is 5.28. The number of carbonyl (C=O) groups excluding carboxylic acids is 1. The number of anilines is 1. The van der Waals surface area contributed by atoms with Crippen molar-refractivity contribution in [3.63, 3.8) is 0 Å². The van der Waals surface area contributed by atoms with Crippen molar-refractivity contribution in [1.82, 2.24) is 4.90 Å². The lowest BCUT2D eigenvalue weighted by molar-refractivity contribution is -0.118. The molecule has 1 fully saturated rings. The Balaban J connectivity index is 1.98. The SMILES string of the molecule is Cc1cc(C)c(NC(=O)CN2CC(N)C2)c(C)c1.